The molecule has 0 heterocycles. The van der Waals surface area contributed by atoms with Crippen LogP contribution in [0.2, 0.25) is 0 Å². The third-order valence-corrected chi connectivity index (χ3v) is 4.39. The summed E-state index contributed by atoms with van der Waals surface area (Å²) >= 11 is 0. The van der Waals surface area contributed by atoms with Crippen LogP contribution in [0.1, 0.15) is 41.5 Å². The molecular formula is C18H21N. The smallest absolute Gasteiger partial charge is 0.0670 e. The zero-order valence-corrected chi connectivity index (χ0v) is 11.5. The Balaban J connectivity index is 2.20. The summed E-state index contributed by atoms with van der Waals surface area (Å²) in [6.45, 7) is 2.16. The summed E-state index contributed by atoms with van der Waals surface area (Å²) in [5.41, 5.74) is 11.9. The fourth-order valence-corrected chi connectivity index (χ4v) is 3.38. The van der Waals surface area contributed by atoms with E-state index < -0.39 is 0 Å². The van der Waals surface area contributed by atoms with Gasteiger partial charge in [-0.15, -0.1) is 0 Å². The van der Waals surface area contributed by atoms with Crippen molar-refractivity contribution in [2.45, 2.75) is 38.1 Å². The lowest BCUT2D eigenvalue weighted by Gasteiger charge is -2.32. The lowest BCUT2D eigenvalue weighted by molar-refractivity contribution is 0.477. The first-order valence-corrected chi connectivity index (χ1v) is 7.15. The molecule has 0 saturated heterocycles. The SMILES string of the molecule is Cc1ccccc1C1(N)CCCCc2ccccc21. The first-order chi connectivity index (χ1) is 9.22. The molecule has 0 saturated carbocycles. The summed E-state index contributed by atoms with van der Waals surface area (Å²) < 4.78 is 0. The van der Waals surface area contributed by atoms with Gasteiger partial charge in [0, 0.05) is 0 Å². The molecular weight excluding hydrogens is 230 g/mol. The molecule has 1 atom stereocenters. The molecule has 2 N–H and O–H groups in total. The number of nitrogens with two attached hydrogens (primary N) is 1. The highest BCUT2D eigenvalue weighted by Gasteiger charge is 2.33. The van der Waals surface area contributed by atoms with Crippen molar-refractivity contribution in [3.63, 3.8) is 0 Å². The van der Waals surface area contributed by atoms with Gasteiger partial charge in [0.1, 0.15) is 0 Å². The monoisotopic (exact) mass is 251 g/mol. The second-order valence-corrected chi connectivity index (χ2v) is 5.65. The van der Waals surface area contributed by atoms with Crippen LogP contribution in [-0.4, -0.2) is 0 Å². The highest BCUT2D eigenvalue weighted by Crippen LogP contribution is 2.38. The van der Waals surface area contributed by atoms with E-state index in [2.05, 4.69) is 55.5 Å². The van der Waals surface area contributed by atoms with Gasteiger partial charge in [-0.05, 0) is 48.4 Å². The lowest BCUT2D eigenvalue weighted by Crippen LogP contribution is -2.38. The molecule has 0 aromatic heterocycles. The maximum absolute atomic E-state index is 6.89. The minimum atomic E-state index is -0.321. The lowest BCUT2D eigenvalue weighted by atomic mass is 9.78. The van der Waals surface area contributed by atoms with Crippen molar-refractivity contribution in [3.8, 4) is 0 Å². The van der Waals surface area contributed by atoms with Gasteiger partial charge in [0.25, 0.3) is 0 Å². The molecule has 2 aromatic carbocycles. The van der Waals surface area contributed by atoms with Crippen molar-refractivity contribution in [3.05, 3.63) is 70.8 Å². The van der Waals surface area contributed by atoms with Crippen LogP contribution >= 0.6 is 0 Å². The van der Waals surface area contributed by atoms with Crippen molar-refractivity contribution < 1.29 is 0 Å². The molecule has 1 aliphatic rings. The van der Waals surface area contributed by atoms with Gasteiger partial charge in [-0.2, -0.15) is 0 Å². The summed E-state index contributed by atoms with van der Waals surface area (Å²) in [6, 6.07) is 17.2. The average molecular weight is 251 g/mol. The maximum atomic E-state index is 6.89. The number of fused-ring (bicyclic) bond motifs is 1. The molecule has 0 bridgehead atoms. The largest absolute Gasteiger partial charge is 0.318 e. The van der Waals surface area contributed by atoms with Gasteiger partial charge >= 0.3 is 0 Å². The molecule has 2 aromatic rings. The number of benzene rings is 2. The Morgan fingerprint density at radius 1 is 0.895 bits per heavy atom. The summed E-state index contributed by atoms with van der Waals surface area (Å²) in [5, 5.41) is 0. The number of hydrogen-bond acceptors (Lipinski definition) is 1. The summed E-state index contributed by atoms with van der Waals surface area (Å²) in [5.74, 6) is 0. The van der Waals surface area contributed by atoms with E-state index in [9.17, 15) is 0 Å². The van der Waals surface area contributed by atoms with Crippen LogP contribution in [0.25, 0.3) is 0 Å². The van der Waals surface area contributed by atoms with Crippen LogP contribution in [0.3, 0.4) is 0 Å². The summed E-state index contributed by atoms with van der Waals surface area (Å²) in [4.78, 5) is 0. The fourth-order valence-electron chi connectivity index (χ4n) is 3.38. The number of hydrogen-bond donors (Lipinski definition) is 1. The van der Waals surface area contributed by atoms with Crippen molar-refractivity contribution in [1.82, 2.24) is 0 Å². The van der Waals surface area contributed by atoms with Crippen LogP contribution in [-0.2, 0) is 12.0 Å². The third-order valence-electron chi connectivity index (χ3n) is 4.39. The fraction of sp³-hybridized carbons (Fsp3) is 0.333. The topological polar surface area (TPSA) is 26.0 Å². The predicted molar refractivity (Wildman–Crippen MR) is 80.1 cm³/mol. The number of aryl methyl sites for hydroxylation is 2. The Bertz CT molecular complexity index is 588. The zero-order chi connectivity index (χ0) is 13.3. The Hall–Kier alpha value is -1.60. The second-order valence-electron chi connectivity index (χ2n) is 5.65. The van der Waals surface area contributed by atoms with Crippen molar-refractivity contribution in [2.75, 3.05) is 0 Å². The van der Waals surface area contributed by atoms with E-state index in [-0.39, 0.29) is 5.54 Å². The maximum Gasteiger partial charge on any atom is 0.0670 e. The Labute approximate surface area is 115 Å². The van der Waals surface area contributed by atoms with Crippen LogP contribution in [0.4, 0.5) is 0 Å². The Kier molecular flexibility index (Phi) is 3.16. The molecule has 1 aliphatic carbocycles. The molecule has 1 nitrogen and oxygen atoms in total. The van der Waals surface area contributed by atoms with Crippen LogP contribution in [0, 0.1) is 6.92 Å². The van der Waals surface area contributed by atoms with E-state index in [0.29, 0.717) is 0 Å². The minimum Gasteiger partial charge on any atom is -0.318 e. The van der Waals surface area contributed by atoms with Gasteiger partial charge in [-0.1, -0.05) is 55.0 Å². The number of rotatable bonds is 1. The molecule has 1 unspecified atom stereocenters. The summed E-state index contributed by atoms with van der Waals surface area (Å²) in [6.07, 6.45) is 4.62. The van der Waals surface area contributed by atoms with Crippen LogP contribution in [0.15, 0.2) is 48.5 Å². The van der Waals surface area contributed by atoms with Gasteiger partial charge in [0.05, 0.1) is 5.54 Å². The molecule has 0 spiro atoms. The van der Waals surface area contributed by atoms with Crippen molar-refractivity contribution in [1.29, 1.82) is 0 Å². The molecule has 1 heteroatoms. The molecule has 0 amide bonds. The van der Waals surface area contributed by atoms with E-state index in [4.69, 9.17) is 5.73 Å². The second kappa shape index (κ2) is 4.82. The normalized spacial score (nSPS) is 22.6. The van der Waals surface area contributed by atoms with E-state index in [1.807, 2.05) is 0 Å². The zero-order valence-electron chi connectivity index (χ0n) is 11.5. The molecule has 98 valence electrons. The van der Waals surface area contributed by atoms with Crippen LogP contribution in [0.5, 0.6) is 0 Å². The van der Waals surface area contributed by atoms with E-state index in [0.717, 1.165) is 12.8 Å². The highest BCUT2D eigenvalue weighted by atomic mass is 14.8. The molecule has 0 fully saturated rings. The molecule has 0 aliphatic heterocycles. The van der Waals surface area contributed by atoms with Gasteiger partial charge in [-0.25, -0.2) is 0 Å². The minimum absolute atomic E-state index is 0.321. The first kappa shape index (κ1) is 12.4. The van der Waals surface area contributed by atoms with Gasteiger partial charge in [0.2, 0.25) is 0 Å². The Morgan fingerprint density at radius 2 is 1.58 bits per heavy atom. The predicted octanol–water partition coefficient (Wildman–Crippen LogP) is 3.92. The molecule has 3 rings (SSSR count). The highest BCUT2D eigenvalue weighted by molar-refractivity contribution is 5.46. The molecule has 19 heavy (non-hydrogen) atoms. The summed E-state index contributed by atoms with van der Waals surface area (Å²) in [7, 11) is 0. The molecule has 0 radical (unpaired) electrons. The van der Waals surface area contributed by atoms with Crippen molar-refractivity contribution in [2.24, 2.45) is 5.73 Å². The van der Waals surface area contributed by atoms with E-state index >= 15 is 0 Å². The average Bonchev–Trinajstić information content (AvgIpc) is 2.60. The third kappa shape index (κ3) is 2.08. The van der Waals surface area contributed by atoms with E-state index in [1.54, 1.807) is 0 Å². The van der Waals surface area contributed by atoms with Gasteiger partial charge in [0.15, 0.2) is 0 Å². The van der Waals surface area contributed by atoms with Crippen molar-refractivity contribution >= 4 is 0 Å². The Morgan fingerprint density at radius 3 is 2.37 bits per heavy atom. The standard InChI is InChI=1S/C18H21N/c1-14-8-2-4-11-16(14)18(19)13-7-6-10-15-9-3-5-12-17(15)18/h2-5,8-9,11-12H,6-7,10,13,19H2,1H3. The van der Waals surface area contributed by atoms with E-state index in [1.165, 1.54) is 35.1 Å². The first-order valence-electron chi connectivity index (χ1n) is 7.15. The van der Waals surface area contributed by atoms with Gasteiger partial charge in [-0.3, -0.25) is 0 Å². The quantitative estimate of drug-likeness (QED) is 0.764. The van der Waals surface area contributed by atoms with Crippen LogP contribution < -0.4 is 5.73 Å². The van der Waals surface area contributed by atoms with Gasteiger partial charge < -0.3 is 5.73 Å².